The standard InChI is InChI=1S/C10H21N3O2S/c1-10(4-5-10)12-16(14,15)13-6-2-9(8-11)3-7-13/h9,12H,2-8,11H2,1H3. The van der Waals surface area contributed by atoms with Crippen LogP contribution in [-0.2, 0) is 10.2 Å². The van der Waals surface area contributed by atoms with Gasteiger partial charge in [0.15, 0.2) is 0 Å². The number of nitrogens with two attached hydrogens (primary N) is 1. The Hall–Kier alpha value is -0.170. The first-order valence-corrected chi connectivity index (χ1v) is 7.38. The molecular weight excluding hydrogens is 226 g/mol. The Morgan fingerprint density at radius 2 is 1.94 bits per heavy atom. The average Bonchev–Trinajstić information content (AvgIpc) is 2.95. The summed E-state index contributed by atoms with van der Waals surface area (Å²) in [5, 5.41) is 0. The molecule has 94 valence electrons. The molecule has 3 N–H and O–H groups in total. The van der Waals surface area contributed by atoms with Crippen molar-refractivity contribution in [2.24, 2.45) is 11.7 Å². The first kappa shape index (κ1) is 12.3. The van der Waals surface area contributed by atoms with E-state index in [1.165, 1.54) is 0 Å². The fourth-order valence-corrected chi connectivity index (χ4v) is 3.70. The lowest BCUT2D eigenvalue weighted by Crippen LogP contribution is -2.48. The minimum atomic E-state index is -3.27. The lowest BCUT2D eigenvalue weighted by molar-refractivity contribution is 0.274. The van der Waals surface area contributed by atoms with Crippen LogP contribution in [0, 0.1) is 5.92 Å². The molecule has 0 aromatic carbocycles. The molecule has 0 unspecified atom stereocenters. The third kappa shape index (κ3) is 2.74. The van der Waals surface area contributed by atoms with Gasteiger partial charge in [-0.2, -0.15) is 17.4 Å². The molecular formula is C10H21N3O2S. The van der Waals surface area contributed by atoms with E-state index in [2.05, 4.69) is 4.72 Å². The number of rotatable bonds is 4. The van der Waals surface area contributed by atoms with Crippen LogP contribution in [0.1, 0.15) is 32.6 Å². The van der Waals surface area contributed by atoms with Crippen molar-refractivity contribution in [2.75, 3.05) is 19.6 Å². The van der Waals surface area contributed by atoms with Gasteiger partial charge in [-0.05, 0) is 45.1 Å². The third-order valence-electron chi connectivity index (χ3n) is 3.62. The summed E-state index contributed by atoms with van der Waals surface area (Å²) >= 11 is 0. The maximum atomic E-state index is 12.0. The van der Waals surface area contributed by atoms with E-state index in [0.29, 0.717) is 25.6 Å². The quantitative estimate of drug-likeness (QED) is 0.737. The molecule has 0 amide bonds. The van der Waals surface area contributed by atoms with Gasteiger partial charge in [0.05, 0.1) is 0 Å². The molecule has 1 heterocycles. The van der Waals surface area contributed by atoms with Crippen molar-refractivity contribution in [3.05, 3.63) is 0 Å². The smallest absolute Gasteiger partial charge is 0.279 e. The van der Waals surface area contributed by atoms with Crippen molar-refractivity contribution in [3.8, 4) is 0 Å². The van der Waals surface area contributed by atoms with Crippen molar-refractivity contribution in [3.63, 3.8) is 0 Å². The van der Waals surface area contributed by atoms with Gasteiger partial charge in [-0.25, -0.2) is 0 Å². The van der Waals surface area contributed by atoms with E-state index < -0.39 is 10.2 Å². The van der Waals surface area contributed by atoms with E-state index in [-0.39, 0.29) is 5.54 Å². The molecule has 0 bridgehead atoms. The zero-order chi connectivity index (χ0) is 11.8. The summed E-state index contributed by atoms with van der Waals surface area (Å²) in [6.07, 6.45) is 3.67. The zero-order valence-electron chi connectivity index (χ0n) is 9.78. The van der Waals surface area contributed by atoms with Crippen LogP contribution in [0.2, 0.25) is 0 Å². The van der Waals surface area contributed by atoms with Crippen LogP contribution in [0.15, 0.2) is 0 Å². The molecule has 6 heteroatoms. The van der Waals surface area contributed by atoms with Crippen LogP contribution >= 0.6 is 0 Å². The van der Waals surface area contributed by atoms with Gasteiger partial charge in [0.1, 0.15) is 0 Å². The van der Waals surface area contributed by atoms with Crippen LogP contribution in [-0.4, -0.2) is 37.9 Å². The Balaban J connectivity index is 1.92. The van der Waals surface area contributed by atoms with Crippen LogP contribution in [0.25, 0.3) is 0 Å². The van der Waals surface area contributed by atoms with Gasteiger partial charge >= 0.3 is 0 Å². The average molecular weight is 247 g/mol. The predicted molar refractivity (Wildman–Crippen MR) is 63.0 cm³/mol. The molecule has 0 aromatic heterocycles. The second-order valence-corrected chi connectivity index (χ2v) is 6.92. The highest BCUT2D eigenvalue weighted by Gasteiger charge is 2.42. The molecule has 0 spiro atoms. The molecule has 2 fully saturated rings. The van der Waals surface area contributed by atoms with Gasteiger partial charge in [-0.3, -0.25) is 0 Å². The minimum absolute atomic E-state index is 0.177. The number of hydrogen-bond donors (Lipinski definition) is 2. The monoisotopic (exact) mass is 247 g/mol. The summed E-state index contributed by atoms with van der Waals surface area (Å²) in [5.41, 5.74) is 5.41. The Labute approximate surface area is 97.6 Å². The highest BCUT2D eigenvalue weighted by Crippen LogP contribution is 2.35. The van der Waals surface area contributed by atoms with E-state index >= 15 is 0 Å². The van der Waals surface area contributed by atoms with Crippen molar-refractivity contribution in [1.82, 2.24) is 9.03 Å². The molecule has 0 aromatic rings. The number of hydrogen-bond acceptors (Lipinski definition) is 3. The van der Waals surface area contributed by atoms with Crippen molar-refractivity contribution in [1.29, 1.82) is 0 Å². The number of nitrogens with one attached hydrogen (secondary N) is 1. The first-order valence-electron chi connectivity index (χ1n) is 5.94. The summed E-state index contributed by atoms with van der Waals surface area (Å²) in [5.74, 6) is 0.489. The van der Waals surface area contributed by atoms with Crippen LogP contribution < -0.4 is 10.5 Å². The Morgan fingerprint density at radius 3 is 2.38 bits per heavy atom. The third-order valence-corrected chi connectivity index (χ3v) is 5.42. The molecule has 1 aliphatic heterocycles. The van der Waals surface area contributed by atoms with Gasteiger partial charge < -0.3 is 5.73 Å². The fourth-order valence-electron chi connectivity index (χ4n) is 2.05. The highest BCUT2D eigenvalue weighted by molar-refractivity contribution is 7.87. The highest BCUT2D eigenvalue weighted by atomic mass is 32.2. The summed E-state index contributed by atoms with van der Waals surface area (Å²) in [6, 6.07) is 0. The molecule has 16 heavy (non-hydrogen) atoms. The van der Waals surface area contributed by atoms with E-state index in [4.69, 9.17) is 5.73 Å². The van der Waals surface area contributed by atoms with Gasteiger partial charge in [-0.1, -0.05) is 0 Å². The SMILES string of the molecule is CC1(NS(=O)(=O)N2CCC(CN)CC2)CC1. The van der Waals surface area contributed by atoms with Crippen LogP contribution in [0.5, 0.6) is 0 Å². The van der Waals surface area contributed by atoms with Gasteiger partial charge in [0.25, 0.3) is 10.2 Å². The second-order valence-electron chi connectivity index (χ2n) is 5.25. The summed E-state index contributed by atoms with van der Waals surface area (Å²) < 4.78 is 28.4. The second kappa shape index (κ2) is 4.25. The summed E-state index contributed by atoms with van der Waals surface area (Å²) in [6.45, 7) is 3.83. The fraction of sp³-hybridized carbons (Fsp3) is 1.00. The van der Waals surface area contributed by atoms with Gasteiger partial charge in [-0.15, -0.1) is 0 Å². The van der Waals surface area contributed by atoms with Crippen molar-refractivity contribution >= 4 is 10.2 Å². The van der Waals surface area contributed by atoms with Crippen LogP contribution in [0.3, 0.4) is 0 Å². The molecule has 2 rings (SSSR count). The molecule has 5 nitrogen and oxygen atoms in total. The first-order chi connectivity index (χ1) is 7.45. The van der Waals surface area contributed by atoms with E-state index in [1.807, 2.05) is 6.92 Å². The van der Waals surface area contributed by atoms with E-state index in [1.54, 1.807) is 4.31 Å². The normalized spacial score (nSPS) is 26.9. The van der Waals surface area contributed by atoms with Gasteiger partial charge in [0, 0.05) is 18.6 Å². The minimum Gasteiger partial charge on any atom is -0.330 e. The maximum absolute atomic E-state index is 12.0. The predicted octanol–water partition coefficient (Wildman–Crippen LogP) is 0.0440. The number of nitrogens with zero attached hydrogens (tertiary/aromatic N) is 1. The molecule has 2 aliphatic rings. The molecule has 1 saturated heterocycles. The molecule has 0 radical (unpaired) electrons. The summed E-state index contributed by atoms with van der Waals surface area (Å²) in [4.78, 5) is 0. The molecule has 0 atom stereocenters. The topological polar surface area (TPSA) is 75.4 Å². The van der Waals surface area contributed by atoms with E-state index in [9.17, 15) is 8.42 Å². The van der Waals surface area contributed by atoms with Crippen LogP contribution in [0.4, 0.5) is 0 Å². The molecule has 1 saturated carbocycles. The Kier molecular flexibility index (Phi) is 3.27. The Morgan fingerprint density at radius 1 is 1.38 bits per heavy atom. The summed E-state index contributed by atoms with van der Waals surface area (Å²) in [7, 11) is -3.27. The Bertz CT molecular complexity index is 343. The van der Waals surface area contributed by atoms with Gasteiger partial charge in [0.2, 0.25) is 0 Å². The lowest BCUT2D eigenvalue weighted by Gasteiger charge is -2.31. The zero-order valence-corrected chi connectivity index (χ0v) is 10.6. The van der Waals surface area contributed by atoms with Crippen molar-refractivity contribution in [2.45, 2.75) is 38.1 Å². The maximum Gasteiger partial charge on any atom is 0.279 e. The molecule has 1 aliphatic carbocycles. The largest absolute Gasteiger partial charge is 0.330 e. The lowest BCUT2D eigenvalue weighted by atomic mass is 9.99. The van der Waals surface area contributed by atoms with E-state index in [0.717, 1.165) is 25.7 Å². The van der Waals surface area contributed by atoms with Crippen molar-refractivity contribution < 1.29 is 8.42 Å². The number of piperidine rings is 1.